The molecule has 2 heteroatoms. The lowest BCUT2D eigenvalue weighted by Crippen LogP contribution is -2.31. The molecule has 0 aromatic rings. The summed E-state index contributed by atoms with van der Waals surface area (Å²) in [6.45, 7) is 12.0. The van der Waals surface area contributed by atoms with E-state index in [4.69, 9.17) is 0 Å². The molecular weight excluding hydrogens is 208 g/mol. The molecule has 17 heavy (non-hydrogen) atoms. The lowest BCUT2D eigenvalue weighted by molar-refractivity contribution is 0.232. The largest absolute Gasteiger partial charge is 0.317 e. The van der Waals surface area contributed by atoms with Crippen molar-refractivity contribution in [3.8, 4) is 0 Å². The first kappa shape index (κ1) is 15.0. The van der Waals surface area contributed by atoms with Crippen LogP contribution in [0.5, 0.6) is 0 Å². The van der Waals surface area contributed by atoms with Gasteiger partial charge in [0.1, 0.15) is 0 Å². The fourth-order valence-corrected chi connectivity index (χ4v) is 2.91. The van der Waals surface area contributed by atoms with Gasteiger partial charge in [0.15, 0.2) is 0 Å². The molecule has 0 aromatic carbocycles. The van der Waals surface area contributed by atoms with Crippen LogP contribution in [-0.2, 0) is 0 Å². The monoisotopic (exact) mass is 240 g/mol. The molecule has 0 aromatic heterocycles. The first-order valence-corrected chi connectivity index (χ1v) is 7.72. The lowest BCUT2D eigenvalue weighted by atomic mass is 10.0. The third kappa shape index (κ3) is 5.87. The molecule has 1 rings (SSSR count). The minimum atomic E-state index is 0.792. The second-order valence-corrected chi connectivity index (χ2v) is 5.68. The lowest BCUT2D eigenvalue weighted by Gasteiger charge is -2.24. The highest BCUT2D eigenvalue weighted by molar-refractivity contribution is 4.79. The van der Waals surface area contributed by atoms with E-state index in [-0.39, 0.29) is 0 Å². The van der Waals surface area contributed by atoms with E-state index in [0.29, 0.717) is 0 Å². The zero-order chi connectivity index (χ0) is 12.5. The van der Waals surface area contributed by atoms with Crippen molar-refractivity contribution < 1.29 is 0 Å². The number of rotatable bonds is 9. The number of hydrogen-bond donors (Lipinski definition) is 1. The standard InChI is InChI=1S/C15H32N2/c1-4-7-15-9-12-17(13-15)14(3)8-6-11-16-10-5-2/h14-16H,4-13H2,1-3H3. The summed E-state index contributed by atoms with van der Waals surface area (Å²) in [6, 6.07) is 0.792. The number of hydrogen-bond acceptors (Lipinski definition) is 2. The molecule has 0 aliphatic carbocycles. The van der Waals surface area contributed by atoms with Gasteiger partial charge in [-0.1, -0.05) is 20.3 Å². The Bertz CT molecular complexity index is 182. The van der Waals surface area contributed by atoms with Gasteiger partial charge in [0.25, 0.3) is 0 Å². The van der Waals surface area contributed by atoms with Crippen LogP contribution in [0.3, 0.4) is 0 Å². The Labute approximate surface area is 108 Å². The zero-order valence-corrected chi connectivity index (χ0v) is 12.2. The second kappa shape index (κ2) is 8.93. The van der Waals surface area contributed by atoms with Crippen molar-refractivity contribution in [3.63, 3.8) is 0 Å². The molecule has 1 N–H and O–H groups in total. The minimum Gasteiger partial charge on any atom is -0.317 e. The highest BCUT2D eigenvalue weighted by atomic mass is 15.2. The maximum absolute atomic E-state index is 3.49. The number of nitrogens with one attached hydrogen (secondary N) is 1. The van der Waals surface area contributed by atoms with Crippen molar-refractivity contribution in [2.75, 3.05) is 26.2 Å². The molecule has 2 unspecified atom stereocenters. The van der Waals surface area contributed by atoms with Gasteiger partial charge in [-0.25, -0.2) is 0 Å². The summed E-state index contributed by atoms with van der Waals surface area (Å²) in [5.41, 5.74) is 0. The van der Waals surface area contributed by atoms with Crippen LogP contribution in [0.1, 0.15) is 59.3 Å². The summed E-state index contributed by atoms with van der Waals surface area (Å²) in [5.74, 6) is 0.987. The molecule has 1 heterocycles. The van der Waals surface area contributed by atoms with Gasteiger partial charge in [0, 0.05) is 12.6 Å². The Kier molecular flexibility index (Phi) is 7.87. The summed E-state index contributed by atoms with van der Waals surface area (Å²) in [4.78, 5) is 2.71. The quantitative estimate of drug-likeness (QED) is 0.622. The van der Waals surface area contributed by atoms with Gasteiger partial charge < -0.3 is 10.2 Å². The highest BCUT2D eigenvalue weighted by Crippen LogP contribution is 2.23. The molecule has 1 aliphatic heterocycles. The van der Waals surface area contributed by atoms with E-state index in [2.05, 4.69) is 31.0 Å². The van der Waals surface area contributed by atoms with E-state index in [1.165, 1.54) is 64.7 Å². The smallest absolute Gasteiger partial charge is 0.00675 e. The van der Waals surface area contributed by atoms with Crippen molar-refractivity contribution in [1.82, 2.24) is 10.2 Å². The molecule has 1 fully saturated rings. The van der Waals surface area contributed by atoms with Gasteiger partial charge in [0.2, 0.25) is 0 Å². The normalized spacial score (nSPS) is 23.1. The van der Waals surface area contributed by atoms with Gasteiger partial charge in [-0.15, -0.1) is 0 Å². The van der Waals surface area contributed by atoms with E-state index in [0.717, 1.165) is 12.0 Å². The third-order valence-corrected chi connectivity index (χ3v) is 4.04. The zero-order valence-electron chi connectivity index (χ0n) is 12.2. The molecule has 1 aliphatic rings. The predicted octanol–water partition coefficient (Wildman–Crippen LogP) is 3.28. The van der Waals surface area contributed by atoms with E-state index in [1.54, 1.807) is 0 Å². The SMILES string of the molecule is CCCNCCCC(C)N1CCC(CCC)C1. The second-order valence-electron chi connectivity index (χ2n) is 5.68. The van der Waals surface area contributed by atoms with E-state index < -0.39 is 0 Å². The van der Waals surface area contributed by atoms with Crippen LogP contribution < -0.4 is 5.32 Å². The first-order valence-electron chi connectivity index (χ1n) is 7.72. The van der Waals surface area contributed by atoms with Crippen LogP contribution in [0.2, 0.25) is 0 Å². The molecule has 0 spiro atoms. The third-order valence-electron chi connectivity index (χ3n) is 4.04. The fourth-order valence-electron chi connectivity index (χ4n) is 2.91. The first-order chi connectivity index (χ1) is 8.27. The van der Waals surface area contributed by atoms with Crippen LogP contribution in [0.25, 0.3) is 0 Å². The maximum Gasteiger partial charge on any atom is 0.00675 e. The van der Waals surface area contributed by atoms with Crippen molar-refractivity contribution in [1.29, 1.82) is 0 Å². The number of likely N-dealkylation sites (tertiary alicyclic amines) is 1. The van der Waals surface area contributed by atoms with Gasteiger partial charge in [-0.3, -0.25) is 0 Å². The Hall–Kier alpha value is -0.0800. The summed E-state index contributed by atoms with van der Waals surface area (Å²) in [5, 5.41) is 3.49. The highest BCUT2D eigenvalue weighted by Gasteiger charge is 2.24. The fraction of sp³-hybridized carbons (Fsp3) is 1.00. The minimum absolute atomic E-state index is 0.792. The summed E-state index contributed by atoms with van der Waals surface area (Å²) in [7, 11) is 0. The number of nitrogens with zero attached hydrogens (tertiary/aromatic N) is 1. The molecule has 2 atom stereocenters. The molecule has 2 nitrogen and oxygen atoms in total. The molecule has 102 valence electrons. The molecule has 1 saturated heterocycles. The van der Waals surface area contributed by atoms with E-state index in [1.807, 2.05) is 0 Å². The van der Waals surface area contributed by atoms with E-state index >= 15 is 0 Å². The molecule has 0 amide bonds. The predicted molar refractivity (Wildman–Crippen MR) is 76.4 cm³/mol. The van der Waals surface area contributed by atoms with Crippen LogP contribution in [0.15, 0.2) is 0 Å². The van der Waals surface area contributed by atoms with Crippen molar-refractivity contribution in [3.05, 3.63) is 0 Å². The van der Waals surface area contributed by atoms with Crippen LogP contribution >= 0.6 is 0 Å². The van der Waals surface area contributed by atoms with E-state index in [9.17, 15) is 0 Å². The van der Waals surface area contributed by atoms with Crippen molar-refractivity contribution >= 4 is 0 Å². The molecule has 0 saturated carbocycles. The van der Waals surface area contributed by atoms with Crippen molar-refractivity contribution in [2.45, 2.75) is 65.3 Å². The average Bonchev–Trinajstić information content (AvgIpc) is 2.78. The van der Waals surface area contributed by atoms with Gasteiger partial charge in [-0.05, 0) is 64.6 Å². The average molecular weight is 240 g/mol. The van der Waals surface area contributed by atoms with Gasteiger partial charge in [-0.2, -0.15) is 0 Å². The summed E-state index contributed by atoms with van der Waals surface area (Å²) < 4.78 is 0. The Morgan fingerprint density at radius 2 is 2.06 bits per heavy atom. The molecule has 0 radical (unpaired) electrons. The molecule has 0 bridgehead atoms. The Morgan fingerprint density at radius 1 is 1.24 bits per heavy atom. The van der Waals surface area contributed by atoms with Crippen LogP contribution in [0, 0.1) is 5.92 Å². The van der Waals surface area contributed by atoms with Crippen LogP contribution in [0.4, 0.5) is 0 Å². The van der Waals surface area contributed by atoms with Crippen molar-refractivity contribution in [2.24, 2.45) is 5.92 Å². The topological polar surface area (TPSA) is 15.3 Å². The summed E-state index contributed by atoms with van der Waals surface area (Å²) in [6.07, 6.45) is 8.16. The van der Waals surface area contributed by atoms with Gasteiger partial charge >= 0.3 is 0 Å². The van der Waals surface area contributed by atoms with Crippen LogP contribution in [-0.4, -0.2) is 37.1 Å². The molecular formula is C15H32N2. The Morgan fingerprint density at radius 3 is 2.76 bits per heavy atom. The Balaban J connectivity index is 2.05. The summed E-state index contributed by atoms with van der Waals surface area (Å²) >= 11 is 0. The van der Waals surface area contributed by atoms with Gasteiger partial charge in [0.05, 0.1) is 0 Å². The maximum atomic E-state index is 3.49.